The van der Waals surface area contributed by atoms with Gasteiger partial charge in [0.05, 0.1) is 24.6 Å². The van der Waals surface area contributed by atoms with Crippen molar-refractivity contribution >= 4 is 11.9 Å². The van der Waals surface area contributed by atoms with Crippen LogP contribution in [-0.4, -0.2) is 65.0 Å². The normalized spacial score (nSPS) is 20.7. The SMILES string of the molecule is N#C[C@H]1CC(N(C(=O)NCc2ccc(OC(F)(F)F)cc2F)C2CC2)CN(C(=O)CCO)C1. The lowest BCUT2D eigenvalue weighted by molar-refractivity contribution is -0.274. The fourth-order valence-corrected chi connectivity index (χ4v) is 3.94. The van der Waals surface area contributed by atoms with E-state index >= 15 is 0 Å². The maximum Gasteiger partial charge on any atom is 0.573 e. The van der Waals surface area contributed by atoms with Crippen molar-refractivity contribution < 1.29 is 37.0 Å². The van der Waals surface area contributed by atoms with E-state index in [1.807, 2.05) is 0 Å². The number of rotatable bonds is 7. The van der Waals surface area contributed by atoms with Gasteiger partial charge in [-0.3, -0.25) is 4.79 Å². The number of hydrogen-bond acceptors (Lipinski definition) is 5. The molecule has 1 saturated heterocycles. The van der Waals surface area contributed by atoms with Crippen LogP contribution in [0.25, 0.3) is 0 Å². The quantitative estimate of drug-likeness (QED) is 0.594. The third-order valence-electron chi connectivity index (χ3n) is 5.55. The van der Waals surface area contributed by atoms with E-state index in [9.17, 15) is 32.4 Å². The Labute approximate surface area is 187 Å². The van der Waals surface area contributed by atoms with E-state index in [2.05, 4.69) is 16.1 Å². The molecule has 3 rings (SSSR count). The molecule has 2 fully saturated rings. The number of benzene rings is 1. The number of alkyl halides is 3. The number of halogens is 4. The van der Waals surface area contributed by atoms with Gasteiger partial charge in [0, 0.05) is 43.7 Å². The number of nitrogens with zero attached hydrogens (tertiary/aromatic N) is 3. The molecule has 1 aromatic carbocycles. The maximum atomic E-state index is 14.2. The lowest BCUT2D eigenvalue weighted by atomic mass is 9.94. The van der Waals surface area contributed by atoms with Crippen LogP contribution in [0.1, 0.15) is 31.2 Å². The van der Waals surface area contributed by atoms with E-state index in [1.54, 1.807) is 4.90 Å². The van der Waals surface area contributed by atoms with Crippen LogP contribution in [0.15, 0.2) is 18.2 Å². The van der Waals surface area contributed by atoms with E-state index in [-0.39, 0.29) is 50.2 Å². The fourth-order valence-electron chi connectivity index (χ4n) is 3.94. The lowest BCUT2D eigenvalue weighted by Gasteiger charge is -2.41. The number of nitriles is 1. The van der Waals surface area contributed by atoms with E-state index in [0.29, 0.717) is 12.5 Å². The lowest BCUT2D eigenvalue weighted by Crippen LogP contribution is -2.56. The summed E-state index contributed by atoms with van der Waals surface area (Å²) in [5, 5.41) is 21.0. The smallest absolute Gasteiger partial charge is 0.406 e. The summed E-state index contributed by atoms with van der Waals surface area (Å²) in [6, 6.07) is 3.79. The summed E-state index contributed by atoms with van der Waals surface area (Å²) in [6.45, 7) is -0.133. The topological polar surface area (TPSA) is 106 Å². The van der Waals surface area contributed by atoms with Gasteiger partial charge in [-0.05, 0) is 25.3 Å². The largest absolute Gasteiger partial charge is 0.573 e. The summed E-state index contributed by atoms with van der Waals surface area (Å²) in [5.74, 6) is -2.44. The number of carbonyl (C=O) groups excluding carboxylic acids is 2. The van der Waals surface area contributed by atoms with Gasteiger partial charge in [-0.15, -0.1) is 13.2 Å². The highest BCUT2D eigenvalue weighted by molar-refractivity contribution is 5.77. The Kier molecular flexibility index (Phi) is 7.63. The van der Waals surface area contributed by atoms with Crippen molar-refractivity contribution in [3.8, 4) is 11.8 Å². The molecule has 2 N–H and O–H groups in total. The number of aliphatic hydroxyl groups excluding tert-OH is 1. The summed E-state index contributed by atoms with van der Waals surface area (Å²) in [7, 11) is 0. The van der Waals surface area contributed by atoms with Crippen molar-refractivity contribution in [3.05, 3.63) is 29.6 Å². The zero-order valence-electron chi connectivity index (χ0n) is 17.6. The molecule has 2 atom stereocenters. The molecule has 0 spiro atoms. The standard InChI is InChI=1S/C21H24F4N4O4/c22-18-8-17(33-21(23,24)25)4-1-14(18)10-27-20(32)29(15-2-3-15)16-7-13(9-26)11-28(12-16)19(31)5-6-30/h1,4,8,13,15-16,30H,2-3,5-7,10-12H2,(H,27,32)/t13-,16?/m1/s1. The molecule has 3 amide bonds. The maximum absolute atomic E-state index is 14.2. The van der Waals surface area contributed by atoms with Crippen LogP contribution in [-0.2, 0) is 11.3 Å². The summed E-state index contributed by atoms with van der Waals surface area (Å²) in [5.41, 5.74) is -0.0214. The molecule has 8 nitrogen and oxygen atoms in total. The Morgan fingerprint density at radius 1 is 1.27 bits per heavy atom. The highest BCUT2D eigenvalue weighted by Gasteiger charge is 2.42. The van der Waals surface area contributed by atoms with Crippen molar-refractivity contribution in [1.82, 2.24) is 15.1 Å². The molecule has 180 valence electrons. The molecule has 0 radical (unpaired) electrons. The van der Waals surface area contributed by atoms with E-state index < -0.39 is 35.9 Å². The first kappa shape index (κ1) is 24.6. The van der Waals surface area contributed by atoms with E-state index in [0.717, 1.165) is 25.0 Å². The van der Waals surface area contributed by atoms with Gasteiger partial charge in [-0.25, -0.2) is 9.18 Å². The molecule has 1 aliphatic heterocycles. The molecule has 1 saturated carbocycles. The fraction of sp³-hybridized carbons (Fsp3) is 0.571. The number of carbonyl (C=O) groups is 2. The number of urea groups is 1. The third kappa shape index (κ3) is 6.71. The molecule has 33 heavy (non-hydrogen) atoms. The summed E-state index contributed by atoms with van der Waals surface area (Å²) in [6.07, 6.45) is -3.14. The molecule has 0 aromatic heterocycles. The van der Waals surface area contributed by atoms with Crippen LogP contribution in [0, 0.1) is 23.1 Å². The number of ether oxygens (including phenoxy) is 1. The van der Waals surface area contributed by atoms with Crippen molar-refractivity contribution in [3.63, 3.8) is 0 Å². The van der Waals surface area contributed by atoms with Crippen LogP contribution >= 0.6 is 0 Å². The third-order valence-corrected chi connectivity index (χ3v) is 5.55. The number of hydrogen-bond donors (Lipinski definition) is 2. The number of nitrogens with one attached hydrogen (secondary N) is 1. The minimum atomic E-state index is -4.94. The first-order valence-corrected chi connectivity index (χ1v) is 10.5. The Hall–Kier alpha value is -3.07. The highest BCUT2D eigenvalue weighted by Crippen LogP contribution is 2.33. The first-order chi connectivity index (χ1) is 15.6. The van der Waals surface area contributed by atoms with Crippen molar-refractivity contribution in [2.45, 2.75) is 50.7 Å². The minimum Gasteiger partial charge on any atom is -0.406 e. The van der Waals surface area contributed by atoms with Gasteiger partial charge in [0.1, 0.15) is 11.6 Å². The molecule has 1 aliphatic carbocycles. The Morgan fingerprint density at radius 2 is 2.00 bits per heavy atom. The van der Waals surface area contributed by atoms with Crippen LogP contribution in [0.3, 0.4) is 0 Å². The Balaban J connectivity index is 1.67. The average Bonchev–Trinajstić information content (AvgIpc) is 3.57. The van der Waals surface area contributed by atoms with Crippen molar-refractivity contribution in [2.24, 2.45) is 5.92 Å². The van der Waals surface area contributed by atoms with Crippen molar-refractivity contribution in [1.29, 1.82) is 5.26 Å². The van der Waals surface area contributed by atoms with Gasteiger partial charge < -0.3 is 25.0 Å². The first-order valence-electron chi connectivity index (χ1n) is 10.5. The number of amides is 3. The van der Waals surface area contributed by atoms with Gasteiger partial charge in [0.2, 0.25) is 5.91 Å². The van der Waals surface area contributed by atoms with Gasteiger partial charge in [0.15, 0.2) is 0 Å². The van der Waals surface area contributed by atoms with Crippen molar-refractivity contribution in [2.75, 3.05) is 19.7 Å². The zero-order valence-corrected chi connectivity index (χ0v) is 17.6. The number of aliphatic hydroxyl groups is 1. The number of piperidine rings is 1. The molecule has 0 bridgehead atoms. The van der Waals surface area contributed by atoms with Crippen LogP contribution in [0.2, 0.25) is 0 Å². The molecule has 1 aromatic rings. The zero-order chi connectivity index (χ0) is 24.2. The number of likely N-dealkylation sites (tertiary alicyclic amines) is 1. The molecule has 2 aliphatic rings. The second-order valence-electron chi connectivity index (χ2n) is 8.09. The summed E-state index contributed by atoms with van der Waals surface area (Å²) >= 11 is 0. The summed E-state index contributed by atoms with van der Waals surface area (Å²) < 4.78 is 54.7. The average molecular weight is 472 g/mol. The van der Waals surface area contributed by atoms with Gasteiger partial charge in [-0.1, -0.05) is 6.07 Å². The summed E-state index contributed by atoms with van der Waals surface area (Å²) in [4.78, 5) is 28.3. The van der Waals surface area contributed by atoms with E-state index in [4.69, 9.17) is 5.11 Å². The molecule has 12 heteroatoms. The Bertz CT molecular complexity index is 917. The van der Waals surface area contributed by atoms with Gasteiger partial charge >= 0.3 is 12.4 Å². The van der Waals surface area contributed by atoms with Crippen LogP contribution in [0.4, 0.5) is 22.4 Å². The van der Waals surface area contributed by atoms with Gasteiger partial charge in [0.25, 0.3) is 0 Å². The van der Waals surface area contributed by atoms with Crippen LogP contribution in [0.5, 0.6) is 5.75 Å². The monoisotopic (exact) mass is 472 g/mol. The second-order valence-corrected chi connectivity index (χ2v) is 8.09. The highest BCUT2D eigenvalue weighted by atomic mass is 19.4. The predicted octanol–water partition coefficient (Wildman–Crippen LogP) is 2.52. The minimum absolute atomic E-state index is 0.0214. The predicted molar refractivity (Wildman–Crippen MR) is 106 cm³/mol. The Morgan fingerprint density at radius 3 is 2.58 bits per heavy atom. The molecule has 1 unspecified atom stereocenters. The van der Waals surface area contributed by atoms with Crippen LogP contribution < -0.4 is 10.1 Å². The molecular formula is C21H24F4N4O4. The molecule has 1 heterocycles. The van der Waals surface area contributed by atoms with E-state index in [1.165, 1.54) is 4.90 Å². The second kappa shape index (κ2) is 10.2. The van der Waals surface area contributed by atoms with Gasteiger partial charge in [-0.2, -0.15) is 5.26 Å². The molecular weight excluding hydrogens is 448 g/mol.